The van der Waals surface area contributed by atoms with Gasteiger partial charge in [0.2, 0.25) is 0 Å². The van der Waals surface area contributed by atoms with Gasteiger partial charge in [0.25, 0.3) is 0 Å². The number of hydrogen-bond donors (Lipinski definition) is 1. The van der Waals surface area contributed by atoms with Crippen molar-refractivity contribution in [1.82, 2.24) is 5.32 Å². The quantitative estimate of drug-likeness (QED) is 0.705. The zero-order chi connectivity index (χ0) is 9.90. The van der Waals surface area contributed by atoms with Crippen molar-refractivity contribution in [3.63, 3.8) is 0 Å². The Balaban J connectivity index is 0.00000169. The van der Waals surface area contributed by atoms with Crippen molar-refractivity contribution in [3.05, 3.63) is 23.8 Å². The van der Waals surface area contributed by atoms with Gasteiger partial charge in [0.05, 0.1) is 0 Å². The molecule has 0 spiro atoms. The van der Waals surface area contributed by atoms with Gasteiger partial charge in [0.15, 0.2) is 0 Å². The summed E-state index contributed by atoms with van der Waals surface area (Å²) in [7, 11) is 2.04. The Kier molecular flexibility index (Phi) is 3.32. The first kappa shape index (κ1) is 10.5. The summed E-state index contributed by atoms with van der Waals surface area (Å²) in [5, 5.41) is 3.39. The van der Waals surface area contributed by atoms with E-state index in [0.29, 0.717) is 5.92 Å². The standard InChI is InChI=1S/C12H21N.H2/c1-5-12(3,13-4)11-8-6-10(2)7-9-11;/h6,8-10,13H,5,7H2,1-4H3;1H. The Hall–Kier alpha value is -0.560. The number of allylic oxidation sites excluding steroid dienone is 2. The molecule has 1 rings (SSSR count). The molecule has 0 aliphatic heterocycles. The van der Waals surface area contributed by atoms with Crippen LogP contribution < -0.4 is 5.32 Å². The third-order valence-corrected chi connectivity index (χ3v) is 3.21. The van der Waals surface area contributed by atoms with E-state index in [-0.39, 0.29) is 6.97 Å². The molecule has 0 bridgehead atoms. The van der Waals surface area contributed by atoms with Crippen LogP contribution in [-0.2, 0) is 0 Å². The molecule has 0 amide bonds. The minimum Gasteiger partial charge on any atom is -0.311 e. The molecule has 13 heavy (non-hydrogen) atoms. The topological polar surface area (TPSA) is 12.0 Å². The maximum atomic E-state index is 3.39. The maximum absolute atomic E-state index is 3.39. The normalized spacial score (nSPS) is 26.8. The van der Waals surface area contributed by atoms with Gasteiger partial charge in [0, 0.05) is 6.97 Å². The summed E-state index contributed by atoms with van der Waals surface area (Å²) in [4.78, 5) is 0. The van der Waals surface area contributed by atoms with Crippen LogP contribution in [0.1, 0.15) is 35.0 Å². The lowest BCUT2D eigenvalue weighted by molar-refractivity contribution is 0.440. The van der Waals surface area contributed by atoms with Gasteiger partial charge < -0.3 is 5.32 Å². The average molecular weight is 181 g/mol. The maximum Gasteiger partial charge on any atom is 0.0397 e. The molecule has 1 nitrogen and oxygen atoms in total. The van der Waals surface area contributed by atoms with Crippen molar-refractivity contribution >= 4 is 0 Å². The van der Waals surface area contributed by atoms with Gasteiger partial charge in [-0.1, -0.05) is 32.1 Å². The number of nitrogens with one attached hydrogen (secondary N) is 1. The number of rotatable bonds is 3. The molecule has 76 valence electrons. The summed E-state index contributed by atoms with van der Waals surface area (Å²) in [6.07, 6.45) is 9.26. The first-order valence-electron chi connectivity index (χ1n) is 5.20. The highest BCUT2D eigenvalue weighted by Crippen LogP contribution is 2.26. The zero-order valence-corrected chi connectivity index (χ0v) is 9.22. The summed E-state index contributed by atoms with van der Waals surface area (Å²) < 4.78 is 0. The fourth-order valence-corrected chi connectivity index (χ4v) is 1.66. The first-order valence-corrected chi connectivity index (χ1v) is 5.20. The molecule has 2 atom stereocenters. The predicted molar refractivity (Wildman–Crippen MR) is 60.9 cm³/mol. The van der Waals surface area contributed by atoms with Crippen LogP contribution in [0, 0.1) is 5.92 Å². The van der Waals surface area contributed by atoms with Gasteiger partial charge in [-0.2, -0.15) is 0 Å². The summed E-state index contributed by atoms with van der Waals surface area (Å²) >= 11 is 0. The summed E-state index contributed by atoms with van der Waals surface area (Å²) in [6, 6.07) is 0. The van der Waals surface area contributed by atoms with Crippen LogP contribution in [0.5, 0.6) is 0 Å². The van der Waals surface area contributed by atoms with E-state index in [1.807, 2.05) is 7.05 Å². The van der Waals surface area contributed by atoms with Gasteiger partial charge in [-0.05, 0) is 38.3 Å². The Morgan fingerprint density at radius 3 is 2.77 bits per heavy atom. The highest BCUT2D eigenvalue weighted by Gasteiger charge is 2.23. The van der Waals surface area contributed by atoms with Crippen molar-refractivity contribution in [1.29, 1.82) is 0 Å². The lowest BCUT2D eigenvalue weighted by atomic mass is 9.84. The molecule has 1 aliphatic carbocycles. The Morgan fingerprint density at radius 1 is 1.69 bits per heavy atom. The van der Waals surface area contributed by atoms with Crippen molar-refractivity contribution in [3.8, 4) is 0 Å². The van der Waals surface area contributed by atoms with Gasteiger partial charge in [-0.3, -0.25) is 0 Å². The first-order chi connectivity index (χ1) is 6.12. The molecular formula is C12H23N. The van der Waals surface area contributed by atoms with Gasteiger partial charge in [0.1, 0.15) is 0 Å². The van der Waals surface area contributed by atoms with E-state index in [0.717, 1.165) is 6.42 Å². The van der Waals surface area contributed by atoms with Crippen molar-refractivity contribution < 1.29 is 1.43 Å². The molecule has 1 aliphatic rings. The molecule has 0 aromatic rings. The molecule has 1 N–H and O–H groups in total. The lowest BCUT2D eigenvalue weighted by Gasteiger charge is -2.31. The molecule has 0 fully saturated rings. The molecule has 1 heteroatoms. The Labute approximate surface area is 83.4 Å². The van der Waals surface area contributed by atoms with Crippen LogP contribution >= 0.6 is 0 Å². The third kappa shape index (κ3) is 2.22. The molecule has 0 aromatic heterocycles. The van der Waals surface area contributed by atoms with Crippen LogP contribution in [0.25, 0.3) is 0 Å². The van der Waals surface area contributed by atoms with Crippen LogP contribution in [0.15, 0.2) is 23.8 Å². The predicted octanol–water partition coefficient (Wildman–Crippen LogP) is 3.14. The van der Waals surface area contributed by atoms with Crippen LogP contribution in [0.2, 0.25) is 0 Å². The monoisotopic (exact) mass is 181 g/mol. The van der Waals surface area contributed by atoms with Gasteiger partial charge in [-0.25, -0.2) is 0 Å². The van der Waals surface area contributed by atoms with E-state index in [1.165, 1.54) is 12.0 Å². The van der Waals surface area contributed by atoms with E-state index in [4.69, 9.17) is 0 Å². The number of likely N-dealkylation sites (N-methyl/N-ethyl adjacent to an activating group) is 1. The molecule has 0 saturated heterocycles. The molecular weight excluding hydrogens is 158 g/mol. The second-order valence-corrected chi connectivity index (χ2v) is 4.17. The zero-order valence-electron chi connectivity index (χ0n) is 9.22. The minimum atomic E-state index is 0. The molecule has 2 unspecified atom stereocenters. The lowest BCUT2D eigenvalue weighted by Crippen LogP contribution is -2.40. The van der Waals surface area contributed by atoms with Crippen molar-refractivity contribution in [2.75, 3.05) is 7.05 Å². The third-order valence-electron chi connectivity index (χ3n) is 3.21. The molecule has 0 aromatic carbocycles. The fraction of sp³-hybridized carbons (Fsp3) is 0.667. The van der Waals surface area contributed by atoms with Crippen LogP contribution in [0.3, 0.4) is 0 Å². The molecule has 0 heterocycles. The van der Waals surface area contributed by atoms with Crippen LogP contribution in [0.4, 0.5) is 0 Å². The second-order valence-electron chi connectivity index (χ2n) is 4.17. The molecule has 0 radical (unpaired) electrons. The van der Waals surface area contributed by atoms with E-state index in [1.54, 1.807) is 0 Å². The second kappa shape index (κ2) is 4.10. The Morgan fingerprint density at radius 2 is 2.38 bits per heavy atom. The van der Waals surface area contributed by atoms with Gasteiger partial charge in [-0.15, -0.1) is 0 Å². The largest absolute Gasteiger partial charge is 0.311 e. The average Bonchev–Trinajstić information content (AvgIpc) is 2.18. The van der Waals surface area contributed by atoms with E-state index >= 15 is 0 Å². The fourth-order valence-electron chi connectivity index (χ4n) is 1.66. The summed E-state index contributed by atoms with van der Waals surface area (Å²) in [6.45, 7) is 6.74. The highest BCUT2D eigenvalue weighted by atomic mass is 14.9. The smallest absolute Gasteiger partial charge is 0.0397 e. The van der Waals surface area contributed by atoms with E-state index in [9.17, 15) is 0 Å². The van der Waals surface area contributed by atoms with Crippen molar-refractivity contribution in [2.24, 2.45) is 5.92 Å². The van der Waals surface area contributed by atoms with Gasteiger partial charge >= 0.3 is 0 Å². The molecule has 0 saturated carbocycles. The minimum absolute atomic E-state index is 0. The highest BCUT2D eigenvalue weighted by molar-refractivity contribution is 5.33. The van der Waals surface area contributed by atoms with Crippen molar-refractivity contribution in [2.45, 2.75) is 39.2 Å². The van der Waals surface area contributed by atoms with E-state index < -0.39 is 0 Å². The van der Waals surface area contributed by atoms with Crippen LogP contribution in [-0.4, -0.2) is 12.6 Å². The number of hydrogen-bond acceptors (Lipinski definition) is 1. The van der Waals surface area contributed by atoms with E-state index in [2.05, 4.69) is 44.3 Å². The Bertz CT molecular complexity index is 226. The summed E-state index contributed by atoms with van der Waals surface area (Å²) in [5.41, 5.74) is 1.60. The summed E-state index contributed by atoms with van der Waals surface area (Å²) in [5.74, 6) is 0.710. The SMILES string of the molecule is CCC(C)(NC)C1=CCC(C)C=C1.[HH].